The average molecular weight is 265 g/mol. The summed E-state index contributed by atoms with van der Waals surface area (Å²) in [7, 11) is 0. The van der Waals surface area contributed by atoms with Gasteiger partial charge < -0.3 is 14.4 Å². The predicted octanol–water partition coefficient (Wildman–Crippen LogP) is 3.63. The Hall–Kier alpha value is -2.26. The summed E-state index contributed by atoms with van der Waals surface area (Å²) in [4.78, 5) is 2.21. The minimum absolute atomic E-state index is 0.584. The Morgan fingerprint density at radius 2 is 2.15 bits per heavy atom. The molecule has 1 N–H and O–H groups in total. The maximum Gasteiger partial charge on any atom is 0.137 e. The van der Waals surface area contributed by atoms with Gasteiger partial charge in [-0.25, -0.2) is 0 Å². The van der Waals surface area contributed by atoms with Crippen molar-refractivity contribution in [2.24, 2.45) is 0 Å². The van der Waals surface area contributed by atoms with Crippen molar-refractivity contribution in [3.05, 3.63) is 64.7 Å². The van der Waals surface area contributed by atoms with Crippen LogP contribution in [-0.2, 0) is 6.54 Å². The molecule has 1 atom stereocenters. The van der Waals surface area contributed by atoms with Crippen molar-refractivity contribution in [3.63, 3.8) is 0 Å². The molecule has 3 heterocycles. The number of benzene rings is 1. The minimum Gasteiger partial charge on any atom is -0.458 e. The zero-order valence-electron chi connectivity index (χ0n) is 11.2. The minimum atomic E-state index is -0.584. The highest BCUT2D eigenvalue weighted by Gasteiger charge is 2.25. The Balaban J connectivity index is 1.87. The lowest BCUT2D eigenvalue weighted by Crippen LogP contribution is -2.21. The molecule has 0 spiro atoms. The van der Waals surface area contributed by atoms with E-state index < -0.39 is 6.10 Å². The van der Waals surface area contributed by atoms with Crippen LogP contribution in [0.4, 0.5) is 0 Å². The highest BCUT2D eigenvalue weighted by atomic mass is 16.4. The van der Waals surface area contributed by atoms with Crippen molar-refractivity contribution >= 4 is 17.8 Å². The molecule has 0 saturated carbocycles. The SMILES string of the molecule is CC(O)c1cc2c(o1)C=CN1Cc3ccccc3C=C21. The van der Waals surface area contributed by atoms with Crippen molar-refractivity contribution in [3.8, 4) is 0 Å². The average Bonchev–Trinajstić information content (AvgIpc) is 2.90. The van der Waals surface area contributed by atoms with E-state index in [0.29, 0.717) is 5.76 Å². The third kappa shape index (κ3) is 1.63. The Bertz CT molecular complexity index is 737. The number of aliphatic hydroxyl groups is 1. The van der Waals surface area contributed by atoms with Gasteiger partial charge in [0.15, 0.2) is 0 Å². The molecule has 2 aliphatic heterocycles. The van der Waals surface area contributed by atoms with Crippen LogP contribution in [0.25, 0.3) is 17.8 Å². The van der Waals surface area contributed by atoms with Crippen LogP contribution >= 0.6 is 0 Å². The molecule has 100 valence electrons. The second-order valence-corrected chi connectivity index (χ2v) is 5.27. The van der Waals surface area contributed by atoms with E-state index in [-0.39, 0.29) is 0 Å². The Morgan fingerprint density at radius 1 is 1.30 bits per heavy atom. The highest BCUT2D eigenvalue weighted by Crippen LogP contribution is 2.38. The lowest BCUT2D eigenvalue weighted by atomic mass is 9.97. The summed E-state index contributed by atoms with van der Waals surface area (Å²) in [6.45, 7) is 2.59. The number of aliphatic hydroxyl groups excluding tert-OH is 1. The van der Waals surface area contributed by atoms with Crippen molar-refractivity contribution < 1.29 is 9.52 Å². The van der Waals surface area contributed by atoms with Gasteiger partial charge in [0.1, 0.15) is 17.6 Å². The summed E-state index contributed by atoms with van der Waals surface area (Å²) in [5, 5.41) is 9.68. The summed E-state index contributed by atoms with van der Waals surface area (Å²) < 4.78 is 5.70. The summed E-state index contributed by atoms with van der Waals surface area (Å²) >= 11 is 0. The molecule has 0 amide bonds. The quantitative estimate of drug-likeness (QED) is 0.855. The number of hydrogen-bond acceptors (Lipinski definition) is 3. The number of nitrogens with zero attached hydrogens (tertiary/aromatic N) is 1. The third-order valence-electron chi connectivity index (χ3n) is 3.87. The van der Waals surface area contributed by atoms with Crippen molar-refractivity contribution in [2.75, 3.05) is 0 Å². The van der Waals surface area contributed by atoms with Crippen LogP contribution in [0.2, 0.25) is 0 Å². The molecule has 0 aliphatic carbocycles. The molecule has 0 radical (unpaired) electrons. The zero-order valence-corrected chi connectivity index (χ0v) is 11.2. The van der Waals surface area contributed by atoms with E-state index in [0.717, 1.165) is 23.6 Å². The highest BCUT2D eigenvalue weighted by molar-refractivity contribution is 5.88. The summed E-state index contributed by atoms with van der Waals surface area (Å²) in [6, 6.07) is 10.4. The van der Waals surface area contributed by atoms with Crippen LogP contribution in [0, 0.1) is 0 Å². The molecule has 4 rings (SSSR count). The molecular weight excluding hydrogens is 250 g/mol. The van der Waals surface area contributed by atoms with E-state index in [1.165, 1.54) is 11.1 Å². The van der Waals surface area contributed by atoms with Gasteiger partial charge in [0.25, 0.3) is 0 Å². The van der Waals surface area contributed by atoms with E-state index >= 15 is 0 Å². The largest absolute Gasteiger partial charge is 0.458 e. The lowest BCUT2D eigenvalue weighted by molar-refractivity contribution is 0.169. The normalized spacial score (nSPS) is 17.1. The van der Waals surface area contributed by atoms with E-state index in [4.69, 9.17) is 4.42 Å². The standard InChI is InChI=1S/C17H15NO2/c1-11(19)17-9-14-15-8-12-4-2-3-5-13(12)10-18(15)7-6-16(14)20-17/h2-9,11,19H,10H2,1H3. The fourth-order valence-corrected chi connectivity index (χ4v) is 2.80. The first-order valence-electron chi connectivity index (χ1n) is 6.79. The van der Waals surface area contributed by atoms with Gasteiger partial charge >= 0.3 is 0 Å². The molecule has 3 nitrogen and oxygen atoms in total. The molecule has 0 saturated heterocycles. The molecule has 1 aromatic heterocycles. The lowest BCUT2D eigenvalue weighted by Gasteiger charge is -2.30. The van der Waals surface area contributed by atoms with E-state index in [1.54, 1.807) is 6.92 Å². The molecule has 0 fully saturated rings. The fraction of sp³-hybridized carbons (Fsp3) is 0.176. The Labute approximate surface area is 117 Å². The van der Waals surface area contributed by atoms with Gasteiger partial charge in [-0.05, 0) is 36.3 Å². The number of hydrogen-bond donors (Lipinski definition) is 1. The fourth-order valence-electron chi connectivity index (χ4n) is 2.80. The van der Waals surface area contributed by atoms with E-state index in [2.05, 4.69) is 35.2 Å². The second-order valence-electron chi connectivity index (χ2n) is 5.27. The molecule has 2 aromatic rings. The molecule has 20 heavy (non-hydrogen) atoms. The van der Waals surface area contributed by atoms with Crippen LogP contribution < -0.4 is 0 Å². The number of fused-ring (bicyclic) bond motifs is 4. The first-order chi connectivity index (χ1) is 9.72. The first kappa shape index (κ1) is 11.6. The van der Waals surface area contributed by atoms with Crippen molar-refractivity contribution in [1.82, 2.24) is 4.90 Å². The Morgan fingerprint density at radius 3 is 3.00 bits per heavy atom. The smallest absolute Gasteiger partial charge is 0.137 e. The van der Waals surface area contributed by atoms with Crippen LogP contribution in [-0.4, -0.2) is 10.0 Å². The summed E-state index contributed by atoms with van der Waals surface area (Å²) in [5.41, 5.74) is 4.76. The van der Waals surface area contributed by atoms with Crippen LogP contribution in [0.5, 0.6) is 0 Å². The summed E-state index contributed by atoms with van der Waals surface area (Å²) in [5.74, 6) is 1.43. The molecular formula is C17H15NO2. The van der Waals surface area contributed by atoms with Gasteiger partial charge in [-0.3, -0.25) is 0 Å². The van der Waals surface area contributed by atoms with E-state index in [1.807, 2.05) is 18.3 Å². The van der Waals surface area contributed by atoms with Crippen LogP contribution in [0.1, 0.15) is 41.2 Å². The monoisotopic (exact) mass is 265 g/mol. The molecule has 0 bridgehead atoms. The maximum atomic E-state index is 9.68. The van der Waals surface area contributed by atoms with Crippen molar-refractivity contribution in [2.45, 2.75) is 19.6 Å². The predicted molar refractivity (Wildman–Crippen MR) is 78.2 cm³/mol. The summed E-state index contributed by atoms with van der Waals surface area (Å²) in [6.07, 6.45) is 5.60. The first-order valence-corrected chi connectivity index (χ1v) is 6.79. The van der Waals surface area contributed by atoms with Crippen LogP contribution in [0.3, 0.4) is 0 Å². The van der Waals surface area contributed by atoms with Crippen molar-refractivity contribution in [1.29, 1.82) is 0 Å². The van der Waals surface area contributed by atoms with Gasteiger partial charge in [0.05, 0.1) is 5.70 Å². The van der Waals surface area contributed by atoms with Gasteiger partial charge in [-0.15, -0.1) is 0 Å². The third-order valence-corrected chi connectivity index (χ3v) is 3.87. The molecule has 2 aliphatic rings. The second kappa shape index (κ2) is 4.12. The Kier molecular flexibility index (Phi) is 2.38. The van der Waals surface area contributed by atoms with Gasteiger partial charge in [0.2, 0.25) is 0 Å². The van der Waals surface area contributed by atoms with Gasteiger partial charge in [0, 0.05) is 18.3 Å². The van der Waals surface area contributed by atoms with Gasteiger partial charge in [-0.2, -0.15) is 0 Å². The molecule has 1 aromatic carbocycles. The number of furan rings is 1. The molecule has 3 heteroatoms. The molecule has 1 unspecified atom stereocenters. The van der Waals surface area contributed by atoms with Crippen LogP contribution in [0.15, 0.2) is 40.9 Å². The maximum absolute atomic E-state index is 9.68. The van der Waals surface area contributed by atoms with E-state index in [9.17, 15) is 5.11 Å². The van der Waals surface area contributed by atoms with Gasteiger partial charge in [-0.1, -0.05) is 24.3 Å². The topological polar surface area (TPSA) is 36.6 Å². The number of rotatable bonds is 1. The zero-order chi connectivity index (χ0) is 13.7.